The van der Waals surface area contributed by atoms with Crippen LogP contribution in [0.5, 0.6) is 0 Å². The summed E-state index contributed by atoms with van der Waals surface area (Å²) in [5.41, 5.74) is 1.86. The molecule has 0 unspecified atom stereocenters. The molecule has 1 N–H and O–H groups in total. The molecule has 21 heavy (non-hydrogen) atoms. The molecule has 0 aromatic heterocycles. The Morgan fingerprint density at radius 3 is 2.71 bits per heavy atom. The van der Waals surface area contributed by atoms with Gasteiger partial charge in [0.25, 0.3) is 11.7 Å². The van der Waals surface area contributed by atoms with E-state index in [1.807, 2.05) is 13.0 Å². The molecular weight excluding hydrogens is 268 g/mol. The molecule has 0 spiro atoms. The van der Waals surface area contributed by atoms with E-state index in [0.717, 1.165) is 31.2 Å². The molecule has 0 bridgehead atoms. The van der Waals surface area contributed by atoms with Gasteiger partial charge in [-0.2, -0.15) is 0 Å². The predicted molar refractivity (Wildman–Crippen MR) is 78.3 cm³/mol. The van der Waals surface area contributed by atoms with Crippen LogP contribution in [0.15, 0.2) is 18.2 Å². The molecule has 0 atom stereocenters. The van der Waals surface area contributed by atoms with E-state index in [9.17, 15) is 14.4 Å². The molecule has 0 saturated heterocycles. The van der Waals surface area contributed by atoms with Gasteiger partial charge in [-0.05, 0) is 31.9 Å². The predicted octanol–water partition coefficient (Wildman–Crippen LogP) is 1.58. The second-order valence-corrected chi connectivity index (χ2v) is 5.79. The number of Topliss-reactive ketones (excluding diaryl/α,β-unsaturated/α-hetero) is 1. The minimum absolute atomic E-state index is 0.0862. The standard InChI is InChI=1S/C16H18N2O3/c1-10-6-7-13-12(8-10)15(20)16(21)18(13)9-14(19)17-11-4-2-3-5-11/h6-8,11H,2-5,9H2,1H3,(H,17,19). The van der Waals surface area contributed by atoms with Crippen LogP contribution in [0.2, 0.25) is 0 Å². The van der Waals surface area contributed by atoms with Crippen LogP contribution in [0.3, 0.4) is 0 Å². The fourth-order valence-electron chi connectivity index (χ4n) is 3.06. The first-order valence-corrected chi connectivity index (χ1v) is 7.32. The van der Waals surface area contributed by atoms with E-state index in [1.165, 1.54) is 4.90 Å². The lowest BCUT2D eigenvalue weighted by molar-refractivity contribution is -0.122. The monoisotopic (exact) mass is 286 g/mol. The van der Waals surface area contributed by atoms with Crippen LogP contribution in [0, 0.1) is 6.92 Å². The summed E-state index contributed by atoms with van der Waals surface area (Å²) in [5.74, 6) is -1.34. The number of nitrogens with zero attached hydrogens (tertiary/aromatic N) is 1. The summed E-state index contributed by atoms with van der Waals surface area (Å²) >= 11 is 0. The van der Waals surface area contributed by atoms with Gasteiger partial charge in [-0.15, -0.1) is 0 Å². The molecule has 2 aliphatic rings. The minimum atomic E-state index is -0.614. The summed E-state index contributed by atoms with van der Waals surface area (Å²) in [4.78, 5) is 37.4. The lowest BCUT2D eigenvalue weighted by Gasteiger charge is -2.18. The average molecular weight is 286 g/mol. The smallest absolute Gasteiger partial charge is 0.299 e. The van der Waals surface area contributed by atoms with Gasteiger partial charge in [-0.3, -0.25) is 19.3 Å². The van der Waals surface area contributed by atoms with Crippen LogP contribution in [0.25, 0.3) is 0 Å². The summed E-state index contributed by atoms with van der Waals surface area (Å²) in [5, 5.41) is 2.94. The zero-order valence-electron chi connectivity index (χ0n) is 12.0. The lowest BCUT2D eigenvalue weighted by Crippen LogP contribution is -2.43. The largest absolute Gasteiger partial charge is 0.352 e. The van der Waals surface area contributed by atoms with Crippen molar-refractivity contribution in [2.45, 2.75) is 38.6 Å². The Hall–Kier alpha value is -2.17. The molecule has 5 nitrogen and oxygen atoms in total. The quantitative estimate of drug-likeness (QED) is 0.858. The third-order valence-electron chi connectivity index (χ3n) is 4.15. The van der Waals surface area contributed by atoms with Gasteiger partial charge in [0.2, 0.25) is 5.91 Å². The highest BCUT2D eigenvalue weighted by atomic mass is 16.2. The third-order valence-corrected chi connectivity index (χ3v) is 4.15. The van der Waals surface area contributed by atoms with E-state index in [-0.39, 0.29) is 18.5 Å². The van der Waals surface area contributed by atoms with Gasteiger partial charge < -0.3 is 5.32 Å². The number of fused-ring (bicyclic) bond motifs is 1. The number of anilines is 1. The number of benzene rings is 1. The van der Waals surface area contributed by atoms with Crippen LogP contribution < -0.4 is 10.2 Å². The Bertz CT molecular complexity index is 618. The number of ketones is 1. The first-order chi connectivity index (χ1) is 10.1. The van der Waals surface area contributed by atoms with E-state index in [0.29, 0.717) is 11.3 Å². The Labute approximate surface area is 123 Å². The highest BCUT2D eigenvalue weighted by Gasteiger charge is 2.37. The number of aryl methyl sites for hydroxylation is 1. The van der Waals surface area contributed by atoms with Crippen LogP contribution in [0.1, 0.15) is 41.6 Å². The Kier molecular flexibility index (Phi) is 3.49. The van der Waals surface area contributed by atoms with Crippen molar-refractivity contribution in [1.82, 2.24) is 5.32 Å². The summed E-state index contributed by atoms with van der Waals surface area (Å²) in [6.45, 7) is 1.78. The van der Waals surface area contributed by atoms with Gasteiger partial charge in [0, 0.05) is 6.04 Å². The van der Waals surface area contributed by atoms with E-state index in [2.05, 4.69) is 5.32 Å². The first kappa shape index (κ1) is 13.8. The number of carbonyl (C=O) groups excluding carboxylic acids is 3. The summed E-state index contributed by atoms with van der Waals surface area (Å²) in [6, 6.07) is 5.48. The van der Waals surface area contributed by atoms with Gasteiger partial charge in [0.1, 0.15) is 6.54 Å². The van der Waals surface area contributed by atoms with Crippen molar-refractivity contribution in [2.75, 3.05) is 11.4 Å². The van der Waals surface area contributed by atoms with Gasteiger partial charge >= 0.3 is 0 Å². The van der Waals surface area contributed by atoms with Gasteiger partial charge in [0.15, 0.2) is 0 Å². The van der Waals surface area contributed by atoms with Gasteiger partial charge in [0.05, 0.1) is 11.3 Å². The minimum Gasteiger partial charge on any atom is -0.352 e. The normalized spacial score (nSPS) is 18.2. The van der Waals surface area contributed by atoms with Gasteiger partial charge in [-0.25, -0.2) is 0 Å². The second kappa shape index (κ2) is 5.31. The van der Waals surface area contributed by atoms with Crippen molar-refractivity contribution in [2.24, 2.45) is 0 Å². The second-order valence-electron chi connectivity index (χ2n) is 5.79. The molecule has 1 aliphatic carbocycles. The zero-order valence-corrected chi connectivity index (χ0v) is 12.0. The SMILES string of the molecule is Cc1ccc2c(c1)C(=O)C(=O)N2CC(=O)NC1CCCC1. The number of nitrogens with one attached hydrogen (secondary N) is 1. The molecule has 1 aliphatic heterocycles. The molecule has 5 heteroatoms. The van der Waals surface area contributed by atoms with Crippen LogP contribution in [0.4, 0.5) is 5.69 Å². The summed E-state index contributed by atoms with van der Waals surface area (Å²) < 4.78 is 0. The molecular formula is C16H18N2O3. The van der Waals surface area contributed by atoms with Crippen molar-refractivity contribution >= 4 is 23.3 Å². The Morgan fingerprint density at radius 2 is 2.00 bits per heavy atom. The number of rotatable bonds is 3. The Morgan fingerprint density at radius 1 is 1.29 bits per heavy atom. The number of hydrogen-bond acceptors (Lipinski definition) is 3. The van der Waals surface area contributed by atoms with Crippen molar-refractivity contribution in [3.05, 3.63) is 29.3 Å². The maximum Gasteiger partial charge on any atom is 0.299 e. The molecule has 110 valence electrons. The summed E-state index contributed by atoms with van der Waals surface area (Å²) in [6.07, 6.45) is 4.26. The fraction of sp³-hybridized carbons (Fsp3) is 0.438. The van der Waals surface area contributed by atoms with Crippen LogP contribution in [-0.2, 0) is 9.59 Å². The first-order valence-electron chi connectivity index (χ1n) is 7.32. The lowest BCUT2D eigenvalue weighted by atomic mass is 10.1. The van der Waals surface area contributed by atoms with E-state index < -0.39 is 11.7 Å². The van der Waals surface area contributed by atoms with E-state index in [1.54, 1.807) is 12.1 Å². The number of amides is 2. The van der Waals surface area contributed by atoms with Crippen LogP contribution in [-0.4, -0.2) is 30.2 Å². The van der Waals surface area contributed by atoms with Gasteiger partial charge in [-0.1, -0.05) is 24.5 Å². The highest BCUT2D eigenvalue weighted by Crippen LogP contribution is 2.29. The molecule has 1 saturated carbocycles. The maximum absolute atomic E-state index is 12.1. The van der Waals surface area contributed by atoms with Crippen LogP contribution >= 0.6 is 0 Å². The summed E-state index contributed by atoms with van der Waals surface area (Å²) in [7, 11) is 0. The molecule has 1 aromatic carbocycles. The fourth-order valence-corrected chi connectivity index (χ4v) is 3.06. The Balaban J connectivity index is 1.75. The average Bonchev–Trinajstić information content (AvgIpc) is 3.02. The molecule has 1 aromatic rings. The third kappa shape index (κ3) is 2.55. The molecule has 1 heterocycles. The van der Waals surface area contributed by atoms with E-state index in [4.69, 9.17) is 0 Å². The molecule has 1 fully saturated rings. The van der Waals surface area contributed by atoms with Crippen molar-refractivity contribution in [3.8, 4) is 0 Å². The van der Waals surface area contributed by atoms with Crippen molar-refractivity contribution < 1.29 is 14.4 Å². The zero-order chi connectivity index (χ0) is 15.0. The highest BCUT2D eigenvalue weighted by molar-refractivity contribution is 6.52. The number of hydrogen-bond donors (Lipinski definition) is 1. The maximum atomic E-state index is 12.1. The van der Waals surface area contributed by atoms with E-state index >= 15 is 0 Å². The van der Waals surface area contributed by atoms with Crippen molar-refractivity contribution in [1.29, 1.82) is 0 Å². The number of carbonyl (C=O) groups is 3. The molecule has 3 rings (SSSR count). The molecule has 0 radical (unpaired) electrons. The molecule has 2 amide bonds. The topological polar surface area (TPSA) is 66.5 Å². The van der Waals surface area contributed by atoms with Crippen molar-refractivity contribution in [3.63, 3.8) is 0 Å².